The maximum atomic E-state index is 11.5. The van der Waals surface area contributed by atoms with Crippen molar-refractivity contribution in [1.82, 2.24) is 5.32 Å². The topological polar surface area (TPSA) is 75.6 Å². The minimum Gasteiger partial charge on any atom is -0.480 e. The molecule has 2 N–H and O–H groups in total. The van der Waals surface area contributed by atoms with E-state index < -0.39 is 12.1 Å². The number of carboxylic acid groups (broad SMARTS) is 1. The van der Waals surface area contributed by atoms with Crippen LogP contribution in [0.1, 0.15) is 39.5 Å². The first-order valence-corrected chi connectivity index (χ1v) is 6.14. The molecule has 0 aliphatic heterocycles. The van der Waals surface area contributed by atoms with Crippen molar-refractivity contribution in [2.45, 2.75) is 51.7 Å². The Morgan fingerprint density at radius 3 is 2.76 bits per heavy atom. The van der Waals surface area contributed by atoms with Gasteiger partial charge >= 0.3 is 5.97 Å². The highest BCUT2D eigenvalue weighted by atomic mass is 16.5. The van der Waals surface area contributed by atoms with Crippen molar-refractivity contribution in [1.29, 1.82) is 0 Å². The summed E-state index contributed by atoms with van der Waals surface area (Å²) in [4.78, 5) is 21.8. The summed E-state index contributed by atoms with van der Waals surface area (Å²) in [6.07, 6.45) is 3.88. The van der Waals surface area contributed by atoms with Gasteiger partial charge < -0.3 is 15.2 Å². The second kappa shape index (κ2) is 6.59. The van der Waals surface area contributed by atoms with Crippen LogP contribution in [0.25, 0.3) is 0 Å². The van der Waals surface area contributed by atoms with E-state index in [0.29, 0.717) is 5.92 Å². The average molecular weight is 243 g/mol. The zero-order chi connectivity index (χ0) is 12.8. The number of nitrogens with one attached hydrogen (secondary N) is 1. The fourth-order valence-corrected chi connectivity index (χ4v) is 2.16. The number of hydrogen-bond acceptors (Lipinski definition) is 3. The molecule has 0 unspecified atom stereocenters. The van der Waals surface area contributed by atoms with Crippen LogP contribution in [-0.2, 0) is 14.3 Å². The third-order valence-electron chi connectivity index (χ3n) is 3.07. The Morgan fingerprint density at radius 2 is 2.18 bits per heavy atom. The van der Waals surface area contributed by atoms with E-state index in [0.717, 1.165) is 19.3 Å². The first kappa shape index (κ1) is 14.0. The van der Waals surface area contributed by atoms with E-state index in [1.165, 1.54) is 6.42 Å². The van der Waals surface area contributed by atoms with E-state index in [2.05, 4.69) is 12.2 Å². The van der Waals surface area contributed by atoms with E-state index in [1.54, 1.807) is 6.92 Å². The number of rotatable bonds is 5. The van der Waals surface area contributed by atoms with E-state index in [1.807, 2.05) is 0 Å². The molecule has 1 saturated carbocycles. The van der Waals surface area contributed by atoms with Gasteiger partial charge in [-0.3, -0.25) is 9.59 Å². The van der Waals surface area contributed by atoms with Gasteiger partial charge in [-0.15, -0.1) is 0 Å². The van der Waals surface area contributed by atoms with Crippen LogP contribution in [-0.4, -0.2) is 35.7 Å². The Bertz CT molecular complexity index is 280. The van der Waals surface area contributed by atoms with E-state index in [4.69, 9.17) is 9.84 Å². The molecule has 5 nitrogen and oxygen atoms in total. The maximum absolute atomic E-state index is 11.5. The lowest BCUT2D eigenvalue weighted by Crippen LogP contribution is -2.40. The number of amides is 1. The molecule has 0 aromatic heterocycles. The van der Waals surface area contributed by atoms with Gasteiger partial charge in [-0.25, -0.2) is 0 Å². The van der Waals surface area contributed by atoms with Crippen LogP contribution >= 0.6 is 0 Å². The predicted octanol–water partition coefficient (Wildman–Crippen LogP) is 1.17. The summed E-state index contributed by atoms with van der Waals surface area (Å²) >= 11 is 0. The number of carbonyl (C=O) groups is 2. The predicted molar refractivity (Wildman–Crippen MR) is 62.6 cm³/mol. The molecule has 1 amide bonds. The second-order valence-electron chi connectivity index (χ2n) is 4.78. The van der Waals surface area contributed by atoms with Crippen LogP contribution in [0.15, 0.2) is 0 Å². The first-order chi connectivity index (χ1) is 7.99. The highest BCUT2D eigenvalue weighted by Gasteiger charge is 2.24. The Kier molecular flexibility index (Phi) is 5.41. The molecule has 0 saturated heterocycles. The Morgan fingerprint density at radius 1 is 1.47 bits per heavy atom. The fourth-order valence-electron chi connectivity index (χ4n) is 2.16. The minimum absolute atomic E-state index is 0.129. The Labute approximate surface area is 102 Å². The molecule has 0 heterocycles. The van der Waals surface area contributed by atoms with Crippen LogP contribution in [0.3, 0.4) is 0 Å². The molecule has 0 bridgehead atoms. The van der Waals surface area contributed by atoms with Gasteiger partial charge in [0.05, 0.1) is 6.10 Å². The Hall–Kier alpha value is -1.10. The molecule has 17 heavy (non-hydrogen) atoms. The zero-order valence-corrected chi connectivity index (χ0v) is 10.4. The highest BCUT2D eigenvalue weighted by molar-refractivity contribution is 5.84. The van der Waals surface area contributed by atoms with Gasteiger partial charge in [0.15, 0.2) is 0 Å². The van der Waals surface area contributed by atoms with Crippen LogP contribution in [0.2, 0.25) is 0 Å². The monoisotopic (exact) mass is 243 g/mol. The van der Waals surface area contributed by atoms with E-state index in [-0.39, 0.29) is 18.6 Å². The van der Waals surface area contributed by atoms with Crippen molar-refractivity contribution >= 4 is 11.9 Å². The quantitative estimate of drug-likeness (QED) is 0.760. The SMILES string of the molecule is C[C@@H]1CCC[C@H](O[C@@H](C)C(=O)NCC(=O)O)C1. The van der Waals surface area contributed by atoms with Gasteiger partial charge in [0, 0.05) is 0 Å². The van der Waals surface area contributed by atoms with Gasteiger partial charge in [0.25, 0.3) is 0 Å². The number of hydrogen-bond donors (Lipinski definition) is 2. The lowest BCUT2D eigenvalue weighted by Gasteiger charge is -2.28. The van der Waals surface area contributed by atoms with Crippen molar-refractivity contribution in [2.24, 2.45) is 5.92 Å². The summed E-state index contributed by atoms with van der Waals surface area (Å²) in [7, 11) is 0. The summed E-state index contributed by atoms with van der Waals surface area (Å²) < 4.78 is 5.65. The molecule has 1 aliphatic rings. The number of aliphatic carboxylic acids is 1. The molecule has 0 aromatic carbocycles. The van der Waals surface area contributed by atoms with Crippen molar-refractivity contribution in [3.63, 3.8) is 0 Å². The molecule has 0 spiro atoms. The van der Waals surface area contributed by atoms with Crippen LogP contribution in [0.5, 0.6) is 0 Å². The number of carbonyl (C=O) groups excluding carboxylic acids is 1. The maximum Gasteiger partial charge on any atom is 0.322 e. The van der Waals surface area contributed by atoms with Crippen molar-refractivity contribution in [2.75, 3.05) is 6.54 Å². The standard InChI is InChI=1S/C12H21NO4/c1-8-4-3-5-10(6-8)17-9(2)12(16)13-7-11(14)15/h8-10H,3-7H2,1-2H3,(H,13,16)(H,14,15)/t8-,9+,10+/m1/s1. The third-order valence-corrected chi connectivity index (χ3v) is 3.07. The summed E-state index contributed by atoms with van der Waals surface area (Å²) in [5, 5.41) is 10.8. The van der Waals surface area contributed by atoms with Gasteiger partial charge in [-0.05, 0) is 25.7 Å². The van der Waals surface area contributed by atoms with Crippen molar-refractivity contribution < 1.29 is 19.4 Å². The largest absolute Gasteiger partial charge is 0.480 e. The molecule has 0 aromatic rings. The lowest BCUT2D eigenvalue weighted by atomic mass is 9.88. The summed E-state index contributed by atoms with van der Waals surface area (Å²) in [5.74, 6) is -0.759. The summed E-state index contributed by atoms with van der Waals surface area (Å²) in [6, 6.07) is 0. The highest BCUT2D eigenvalue weighted by Crippen LogP contribution is 2.26. The third kappa shape index (κ3) is 5.17. The average Bonchev–Trinajstić information content (AvgIpc) is 2.25. The molecule has 1 rings (SSSR count). The van der Waals surface area contributed by atoms with Crippen LogP contribution < -0.4 is 5.32 Å². The van der Waals surface area contributed by atoms with E-state index in [9.17, 15) is 9.59 Å². The normalized spacial score (nSPS) is 26.2. The molecule has 1 aliphatic carbocycles. The molecular formula is C12H21NO4. The molecule has 0 radical (unpaired) electrons. The molecule has 3 atom stereocenters. The van der Waals surface area contributed by atoms with Crippen LogP contribution in [0.4, 0.5) is 0 Å². The molecule has 98 valence electrons. The lowest BCUT2D eigenvalue weighted by molar-refractivity contribution is -0.142. The first-order valence-electron chi connectivity index (χ1n) is 6.14. The van der Waals surface area contributed by atoms with Gasteiger partial charge in [-0.1, -0.05) is 19.8 Å². The molecule has 5 heteroatoms. The Balaban J connectivity index is 2.29. The van der Waals surface area contributed by atoms with Gasteiger partial charge in [0.2, 0.25) is 5.91 Å². The van der Waals surface area contributed by atoms with Gasteiger partial charge in [0.1, 0.15) is 12.6 Å². The van der Waals surface area contributed by atoms with E-state index >= 15 is 0 Å². The zero-order valence-electron chi connectivity index (χ0n) is 10.4. The fraction of sp³-hybridized carbons (Fsp3) is 0.833. The number of carboxylic acids is 1. The van der Waals surface area contributed by atoms with Crippen molar-refractivity contribution in [3.05, 3.63) is 0 Å². The minimum atomic E-state index is -1.04. The van der Waals surface area contributed by atoms with Crippen LogP contribution in [0, 0.1) is 5.92 Å². The van der Waals surface area contributed by atoms with Crippen molar-refractivity contribution in [3.8, 4) is 0 Å². The smallest absolute Gasteiger partial charge is 0.322 e. The second-order valence-corrected chi connectivity index (χ2v) is 4.78. The summed E-state index contributed by atoms with van der Waals surface area (Å²) in [6.45, 7) is 3.49. The molecular weight excluding hydrogens is 222 g/mol. The van der Waals surface area contributed by atoms with Gasteiger partial charge in [-0.2, -0.15) is 0 Å². The molecule has 1 fully saturated rings. The summed E-state index contributed by atoms with van der Waals surface area (Å²) in [5.41, 5.74) is 0. The number of ether oxygens (including phenoxy) is 1.